The van der Waals surface area contributed by atoms with Gasteiger partial charge >= 0.3 is 6.09 Å². The first kappa shape index (κ1) is 18.7. The maximum atomic E-state index is 12.1. The van der Waals surface area contributed by atoms with Gasteiger partial charge in [-0.05, 0) is 32.8 Å². The first-order valence-corrected chi connectivity index (χ1v) is 7.38. The van der Waals surface area contributed by atoms with Crippen molar-refractivity contribution < 1.29 is 19.2 Å². The maximum Gasteiger partial charge on any atom is 0.408 e. The average molecular weight is 320 g/mol. The summed E-state index contributed by atoms with van der Waals surface area (Å²) in [6, 6.07) is 8.61. The van der Waals surface area contributed by atoms with Crippen LogP contribution >= 0.6 is 0 Å². The largest absolute Gasteiger partial charge is 0.444 e. The lowest BCUT2D eigenvalue weighted by molar-refractivity contribution is -0.136. The monoisotopic (exact) mass is 320 g/mol. The molecule has 1 atom stereocenters. The molecule has 2 amide bonds. The lowest BCUT2D eigenvalue weighted by Gasteiger charge is -2.22. The van der Waals surface area contributed by atoms with E-state index in [9.17, 15) is 9.59 Å². The van der Waals surface area contributed by atoms with Crippen molar-refractivity contribution in [2.45, 2.75) is 45.4 Å². The standard InChI is InChI=1S/C17H24N2O4/c1-5-9-14(18-16(21)23-17(2,3)4)15(20)19-22-12-13-10-7-6-8-11-13/h5-8,10-11,14H,1,9,12H2,2-4H3,(H,18,21)(H,19,20)/t14-/m1/s1. The molecular weight excluding hydrogens is 296 g/mol. The second kappa shape index (κ2) is 8.95. The molecular formula is C17H24N2O4. The Morgan fingerprint density at radius 1 is 1.26 bits per heavy atom. The van der Waals surface area contributed by atoms with Gasteiger partial charge in [-0.1, -0.05) is 36.4 Å². The van der Waals surface area contributed by atoms with E-state index in [0.29, 0.717) is 0 Å². The third-order valence-corrected chi connectivity index (χ3v) is 2.66. The number of hydrogen-bond acceptors (Lipinski definition) is 4. The van der Waals surface area contributed by atoms with Crippen molar-refractivity contribution in [1.82, 2.24) is 10.8 Å². The van der Waals surface area contributed by atoms with Crippen molar-refractivity contribution in [3.05, 3.63) is 48.6 Å². The van der Waals surface area contributed by atoms with Crippen LogP contribution in [0, 0.1) is 0 Å². The number of alkyl carbamates (subject to hydrolysis) is 1. The molecule has 0 radical (unpaired) electrons. The second-order valence-electron chi connectivity index (χ2n) is 5.96. The third kappa shape index (κ3) is 8.01. The molecule has 0 aliphatic heterocycles. The normalized spacial score (nSPS) is 12.1. The molecule has 0 saturated heterocycles. The second-order valence-corrected chi connectivity index (χ2v) is 5.96. The molecule has 0 unspecified atom stereocenters. The molecule has 0 aliphatic carbocycles. The van der Waals surface area contributed by atoms with Gasteiger partial charge in [0.25, 0.3) is 5.91 Å². The zero-order valence-corrected chi connectivity index (χ0v) is 13.8. The quantitative estimate of drug-likeness (QED) is 0.598. The SMILES string of the molecule is C=CC[C@@H](NC(=O)OC(C)(C)C)C(=O)NOCc1ccccc1. The number of ether oxygens (including phenoxy) is 1. The summed E-state index contributed by atoms with van der Waals surface area (Å²) < 4.78 is 5.13. The third-order valence-electron chi connectivity index (χ3n) is 2.66. The van der Waals surface area contributed by atoms with Crippen LogP contribution in [-0.2, 0) is 21.0 Å². The molecule has 6 nitrogen and oxygen atoms in total. The summed E-state index contributed by atoms with van der Waals surface area (Å²) in [5.74, 6) is -0.466. The van der Waals surface area contributed by atoms with Gasteiger partial charge in [-0.2, -0.15) is 0 Å². The van der Waals surface area contributed by atoms with Crippen LogP contribution in [0.15, 0.2) is 43.0 Å². The molecule has 6 heteroatoms. The Morgan fingerprint density at radius 2 is 1.91 bits per heavy atom. The summed E-state index contributed by atoms with van der Waals surface area (Å²) in [5, 5.41) is 2.50. The molecule has 1 aromatic carbocycles. The molecule has 0 bridgehead atoms. The Labute approximate surface area is 136 Å². The highest BCUT2D eigenvalue weighted by Gasteiger charge is 2.23. The predicted molar refractivity (Wildman–Crippen MR) is 87.3 cm³/mol. The highest BCUT2D eigenvalue weighted by molar-refractivity contribution is 5.85. The van der Waals surface area contributed by atoms with Crippen LogP contribution in [0.1, 0.15) is 32.8 Å². The van der Waals surface area contributed by atoms with E-state index in [0.717, 1.165) is 5.56 Å². The summed E-state index contributed by atoms with van der Waals surface area (Å²) in [5.41, 5.74) is 2.62. The fourth-order valence-electron chi connectivity index (χ4n) is 1.68. The van der Waals surface area contributed by atoms with E-state index < -0.39 is 23.6 Å². The smallest absolute Gasteiger partial charge is 0.408 e. The fourth-order valence-corrected chi connectivity index (χ4v) is 1.68. The molecule has 0 heterocycles. The van der Waals surface area contributed by atoms with Crippen molar-refractivity contribution in [3.63, 3.8) is 0 Å². The van der Waals surface area contributed by atoms with Crippen LogP contribution in [0.5, 0.6) is 0 Å². The van der Waals surface area contributed by atoms with Crippen LogP contribution in [0.25, 0.3) is 0 Å². The Bertz CT molecular complexity index is 523. The lowest BCUT2D eigenvalue weighted by atomic mass is 10.2. The summed E-state index contributed by atoms with van der Waals surface area (Å²) >= 11 is 0. The molecule has 23 heavy (non-hydrogen) atoms. The van der Waals surface area contributed by atoms with Gasteiger partial charge < -0.3 is 10.1 Å². The van der Waals surface area contributed by atoms with Crippen molar-refractivity contribution in [1.29, 1.82) is 0 Å². The molecule has 1 aromatic rings. The van der Waals surface area contributed by atoms with Gasteiger partial charge in [0.2, 0.25) is 0 Å². The molecule has 1 rings (SSSR count). The molecule has 0 aliphatic rings. The van der Waals surface area contributed by atoms with Crippen molar-refractivity contribution in [3.8, 4) is 0 Å². The number of rotatable bonds is 7. The minimum Gasteiger partial charge on any atom is -0.444 e. The Kier molecular flexibility index (Phi) is 7.28. The zero-order valence-electron chi connectivity index (χ0n) is 13.8. The van der Waals surface area contributed by atoms with Gasteiger partial charge in [0.15, 0.2) is 0 Å². The molecule has 0 fully saturated rings. The van der Waals surface area contributed by atoms with Crippen LogP contribution in [0.4, 0.5) is 4.79 Å². The minimum atomic E-state index is -0.807. The van der Waals surface area contributed by atoms with Crippen molar-refractivity contribution >= 4 is 12.0 Å². The van der Waals surface area contributed by atoms with E-state index in [-0.39, 0.29) is 13.0 Å². The Morgan fingerprint density at radius 3 is 2.48 bits per heavy atom. The summed E-state index contributed by atoms with van der Waals surface area (Å²) in [4.78, 5) is 29.0. The van der Waals surface area contributed by atoms with Gasteiger partial charge in [0.1, 0.15) is 11.6 Å². The van der Waals surface area contributed by atoms with Gasteiger partial charge in [-0.15, -0.1) is 6.58 Å². The number of nitrogens with one attached hydrogen (secondary N) is 2. The lowest BCUT2D eigenvalue weighted by Crippen LogP contribution is -2.47. The highest BCUT2D eigenvalue weighted by atomic mass is 16.7. The number of hydrogen-bond donors (Lipinski definition) is 2. The minimum absolute atomic E-state index is 0.236. The molecule has 2 N–H and O–H groups in total. The van der Waals surface area contributed by atoms with E-state index in [1.165, 1.54) is 0 Å². The highest BCUT2D eigenvalue weighted by Crippen LogP contribution is 2.07. The number of carbonyl (C=O) groups excluding carboxylic acids is 2. The Hall–Kier alpha value is -2.34. The summed E-state index contributed by atoms with van der Waals surface area (Å²) in [6.07, 6.45) is 1.14. The zero-order chi connectivity index (χ0) is 17.3. The van der Waals surface area contributed by atoms with Crippen LogP contribution in [0.3, 0.4) is 0 Å². The first-order valence-electron chi connectivity index (χ1n) is 7.38. The van der Waals surface area contributed by atoms with Gasteiger partial charge in [-0.25, -0.2) is 10.3 Å². The summed E-state index contributed by atoms with van der Waals surface area (Å²) in [7, 11) is 0. The van der Waals surface area contributed by atoms with E-state index in [1.807, 2.05) is 30.3 Å². The van der Waals surface area contributed by atoms with Crippen LogP contribution in [-0.4, -0.2) is 23.6 Å². The maximum absolute atomic E-state index is 12.1. The predicted octanol–water partition coefficient (Wildman–Crippen LogP) is 2.70. The van der Waals surface area contributed by atoms with E-state index >= 15 is 0 Å². The molecule has 0 saturated carbocycles. The molecule has 0 spiro atoms. The summed E-state index contributed by atoms with van der Waals surface area (Å²) in [6.45, 7) is 9.06. The van der Waals surface area contributed by atoms with Gasteiger partial charge in [0.05, 0.1) is 6.61 Å². The molecule has 126 valence electrons. The Balaban J connectivity index is 2.47. The number of carbonyl (C=O) groups is 2. The van der Waals surface area contributed by atoms with Gasteiger partial charge in [-0.3, -0.25) is 9.63 Å². The van der Waals surface area contributed by atoms with E-state index in [4.69, 9.17) is 9.57 Å². The molecule has 0 aromatic heterocycles. The number of amides is 2. The average Bonchev–Trinajstić information content (AvgIpc) is 2.46. The topological polar surface area (TPSA) is 76.7 Å². The van der Waals surface area contributed by atoms with E-state index in [2.05, 4.69) is 17.4 Å². The first-order chi connectivity index (χ1) is 10.8. The van der Waals surface area contributed by atoms with Crippen molar-refractivity contribution in [2.24, 2.45) is 0 Å². The fraction of sp³-hybridized carbons (Fsp3) is 0.412. The van der Waals surface area contributed by atoms with Gasteiger partial charge in [0, 0.05) is 0 Å². The number of benzene rings is 1. The number of hydroxylamine groups is 1. The van der Waals surface area contributed by atoms with Crippen LogP contribution < -0.4 is 10.8 Å². The van der Waals surface area contributed by atoms with Crippen molar-refractivity contribution in [2.75, 3.05) is 0 Å². The van der Waals surface area contributed by atoms with E-state index in [1.54, 1.807) is 26.8 Å². The van der Waals surface area contributed by atoms with Crippen LogP contribution in [0.2, 0.25) is 0 Å².